The SMILES string of the molecule is Cn1cc(-c2noc(CNC(=O)[C@H]3CCOC3)n2)cn1. The molecule has 1 amide bonds. The molecule has 1 fully saturated rings. The van der Waals surface area contributed by atoms with Crippen molar-refractivity contribution in [3.8, 4) is 11.4 Å². The number of aromatic nitrogens is 4. The number of ether oxygens (including phenoxy) is 1. The molecule has 3 heterocycles. The van der Waals surface area contributed by atoms with Gasteiger partial charge in [-0.25, -0.2) is 0 Å². The summed E-state index contributed by atoms with van der Waals surface area (Å²) in [5, 5.41) is 10.7. The van der Waals surface area contributed by atoms with Gasteiger partial charge in [0, 0.05) is 19.9 Å². The van der Waals surface area contributed by atoms with Crippen LogP contribution in [0.4, 0.5) is 0 Å². The summed E-state index contributed by atoms with van der Waals surface area (Å²) in [6, 6.07) is 0. The minimum Gasteiger partial charge on any atom is -0.381 e. The Morgan fingerprint density at radius 1 is 1.60 bits per heavy atom. The Labute approximate surface area is 115 Å². The topological polar surface area (TPSA) is 95.1 Å². The molecule has 0 aliphatic carbocycles. The van der Waals surface area contributed by atoms with Crippen molar-refractivity contribution < 1.29 is 14.1 Å². The fourth-order valence-electron chi connectivity index (χ4n) is 2.03. The van der Waals surface area contributed by atoms with Gasteiger partial charge in [0.25, 0.3) is 0 Å². The molecule has 0 aromatic carbocycles. The van der Waals surface area contributed by atoms with Crippen LogP contribution in [0, 0.1) is 5.92 Å². The van der Waals surface area contributed by atoms with Crippen LogP contribution in [0.2, 0.25) is 0 Å². The van der Waals surface area contributed by atoms with Gasteiger partial charge in [-0.2, -0.15) is 10.1 Å². The first-order valence-corrected chi connectivity index (χ1v) is 6.39. The zero-order chi connectivity index (χ0) is 13.9. The molecule has 106 valence electrons. The molecule has 0 spiro atoms. The van der Waals surface area contributed by atoms with Gasteiger partial charge in [0.05, 0.1) is 30.8 Å². The number of hydrogen-bond acceptors (Lipinski definition) is 6. The van der Waals surface area contributed by atoms with Gasteiger partial charge in [0.15, 0.2) is 0 Å². The predicted molar refractivity (Wildman–Crippen MR) is 67.3 cm³/mol. The van der Waals surface area contributed by atoms with E-state index in [0.29, 0.717) is 24.9 Å². The molecular formula is C12H15N5O3. The van der Waals surface area contributed by atoms with Crippen molar-refractivity contribution in [2.75, 3.05) is 13.2 Å². The molecule has 0 saturated carbocycles. The summed E-state index contributed by atoms with van der Waals surface area (Å²) in [6.45, 7) is 1.35. The summed E-state index contributed by atoms with van der Waals surface area (Å²) >= 11 is 0. The highest BCUT2D eigenvalue weighted by Crippen LogP contribution is 2.15. The van der Waals surface area contributed by atoms with Gasteiger partial charge < -0.3 is 14.6 Å². The summed E-state index contributed by atoms with van der Waals surface area (Å²) in [7, 11) is 1.81. The molecule has 1 saturated heterocycles. The monoisotopic (exact) mass is 277 g/mol. The minimum absolute atomic E-state index is 0.0383. The van der Waals surface area contributed by atoms with Crippen molar-refractivity contribution in [2.24, 2.45) is 13.0 Å². The predicted octanol–water partition coefficient (Wildman–Crippen LogP) is 0.123. The van der Waals surface area contributed by atoms with Gasteiger partial charge in [-0.1, -0.05) is 5.16 Å². The molecule has 0 unspecified atom stereocenters. The van der Waals surface area contributed by atoms with E-state index in [1.165, 1.54) is 0 Å². The average Bonchev–Trinajstić information content (AvgIpc) is 3.16. The second kappa shape index (κ2) is 5.41. The largest absolute Gasteiger partial charge is 0.381 e. The minimum atomic E-state index is -0.0734. The Morgan fingerprint density at radius 2 is 2.50 bits per heavy atom. The lowest BCUT2D eigenvalue weighted by molar-refractivity contribution is -0.125. The second-order valence-corrected chi connectivity index (χ2v) is 4.69. The average molecular weight is 277 g/mol. The molecule has 1 aliphatic rings. The Kier molecular flexibility index (Phi) is 3.46. The third-order valence-corrected chi connectivity index (χ3v) is 3.15. The Morgan fingerprint density at radius 3 is 3.20 bits per heavy atom. The van der Waals surface area contributed by atoms with Gasteiger partial charge in [-0.15, -0.1) is 0 Å². The van der Waals surface area contributed by atoms with Crippen LogP contribution in [-0.4, -0.2) is 39.0 Å². The number of amides is 1. The maximum absolute atomic E-state index is 11.8. The fourth-order valence-corrected chi connectivity index (χ4v) is 2.03. The molecule has 1 atom stereocenters. The van der Waals surface area contributed by atoms with E-state index < -0.39 is 0 Å². The molecule has 8 nitrogen and oxygen atoms in total. The maximum atomic E-state index is 11.8. The van der Waals surface area contributed by atoms with E-state index >= 15 is 0 Å². The standard InChI is InChI=1S/C12H15N5O3/c1-17-6-9(4-14-17)11-15-10(20-16-11)5-13-12(18)8-2-3-19-7-8/h4,6,8H,2-3,5,7H2,1H3,(H,13,18)/t8-/m0/s1. The molecule has 0 bridgehead atoms. The van der Waals surface area contributed by atoms with Crippen molar-refractivity contribution in [2.45, 2.75) is 13.0 Å². The van der Waals surface area contributed by atoms with Gasteiger partial charge in [0.2, 0.25) is 17.6 Å². The van der Waals surface area contributed by atoms with E-state index in [1.807, 2.05) is 7.05 Å². The van der Waals surface area contributed by atoms with Crippen LogP contribution in [0.15, 0.2) is 16.9 Å². The molecule has 1 aliphatic heterocycles. The van der Waals surface area contributed by atoms with Gasteiger partial charge in [-0.05, 0) is 6.42 Å². The van der Waals surface area contributed by atoms with Gasteiger partial charge in [0.1, 0.15) is 0 Å². The highest BCUT2D eigenvalue weighted by Gasteiger charge is 2.23. The van der Waals surface area contributed by atoms with Crippen LogP contribution in [0.5, 0.6) is 0 Å². The van der Waals surface area contributed by atoms with E-state index in [-0.39, 0.29) is 18.4 Å². The van der Waals surface area contributed by atoms with E-state index in [9.17, 15) is 4.79 Å². The summed E-state index contributed by atoms with van der Waals surface area (Å²) in [4.78, 5) is 16.0. The number of aryl methyl sites for hydroxylation is 1. The van der Waals surface area contributed by atoms with Crippen molar-refractivity contribution in [1.82, 2.24) is 25.2 Å². The Bertz CT molecular complexity index is 600. The highest BCUT2D eigenvalue weighted by atomic mass is 16.5. The van der Waals surface area contributed by atoms with E-state index in [1.54, 1.807) is 17.1 Å². The van der Waals surface area contributed by atoms with E-state index in [4.69, 9.17) is 9.26 Å². The number of rotatable bonds is 4. The highest BCUT2D eigenvalue weighted by molar-refractivity contribution is 5.78. The molecule has 0 radical (unpaired) electrons. The van der Waals surface area contributed by atoms with Crippen LogP contribution in [0.1, 0.15) is 12.3 Å². The third-order valence-electron chi connectivity index (χ3n) is 3.15. The van der Waals surface area contributed by atoms with Crippen LogP contribution >= 0.6 is 0 Å². The van der Waals surface area contributed by atoms with E-state index in [0.717, 1.165) is 12.0 Å². The first-order valence-electron chi connectivity index (χ1n) is 6.39. The molecule has 8 heteroatoms. The fraction of sp³-hybridized carbons (Fsp3) is 0.500. The van der Waals surface area contributed by atoms with Crippen molar-refractivity contribution in [3.05, 3.63) is 18.3 Å². The van der Waals surface area contributed by atoms with Crippen molar-refractivity contribution >= 4 is 5.91 Å². The Balaban J connectivity index is 1.58. The van der Waals surface area contributed by atoms with Crippen LogP contribution < -0.4 is 5.32 Å². The first-order chi connectivity index (χ1) is 9.72. The summed E-state index contributed by atoms with van der Waals surface area (Å²) < 4.78 is 11.9. The summed E-state index contributed by atoms with van der Waals surface area (Å²) in [5.41, 5.74) is 0.776. The van der Waals surface area contributed by atoms with Crippen LogP contribution in [0.25, 0.3) is 11.4 Å². The van der Waals surface area contributed by atoms with Gasteiger partial charge >= 0.3 is 0 Å². The number of carbonyl (C=O) groups excluding carboxylic acids is 1. The van der Waals surface area contributed by atoms with Crippen molar-refractivity contribution in [3.63, 3.8) is 0 Å². The quantitative estimate of drug-likeness (QED) is 0.853. The van der Waals surface area contributed by atoms with E-state index in [2.05, 4.69) is 20.6 Å². The first kappa shape index (κ1) is 12.8. The zero-order valence-corrected chi connectivity index (χ0v) is 11.1. The third kappa shape index (κ3) is 2.69. The molecule has 1 N–H and O–H groups in total. The van der Waals surface area contributed by atoms with Crippen molar-refractivity contribution in [1.29, 1.82) is 0 Å². The second-order valence-electron chi connectivity index (χ2n) is 4.69. The lowest BCUT2D eigenvalue weighted by Crippen LogP contribution is -2.30. The number of nitrogens with one attached hydrogen (secondary N) is 1. The molecule has 2 aromatic heterocycles. The zero-order valence-electron chi connectivity index (χ0n) is 11.1. The lowest BCUT2D eigenvalue weighted by Gasteiger charge is -2.06. The number of carbonyl (C=O) groups is 1. The number of nitrogens with zero attached hydrogens (tertiary/aromatic N) is 4. The molecular weight excluding hydrogens is 262 g/mol. The molecule has 3 rings (SSSR count). The smallest absolute Gasteiger partial charge is 0.246 e. The van der Waals surface area contributed by atoms with Gasteiger partial charge in [-0.3, -0.25) is 9.48 Å². The normalized spacial score (nSPS) is 18.4. The maximum Gasteiger partial charge on any atom is 0.246 e. The van der Waals surface area contributed by atoms with Crippen LogP contribution in [0.3, 0.4) is 0 Å². The molecule has 2 aromatic rings. The lowest BCUT2D eigenvalue weighted by atomic mass is 10.1. The Hall–Kier alpha value is -2.22. The number of hydrogen-bond donors (Lipinski definition) is 1. The summed E-state index contributed by atoms with van der Waals surface area (Å²) in [6.07, 6.45) is 4.21. The molecule has 20 heavy (non-hydrogen) atoms. The summed E-state index contributed by atoms with van der Waals surface area (Å²) in [5.74, 6) is 0.724. The van der Waals surface area contributed by atoms with Crippen LogP contribution in [-0.2, 0) is 23.1 Å².